The molecule has 2 N–H and O–H groups in total. The van der Waals surface area contributed by atoms with Crippen molar-refractivity contribution in [2.75, 3.05) is 13.7 Å². The third kappa shape index (κ3) is 4.49. The van der Waals surface area contributed by atoms with Crippen molar-refractivity contribution in [1.82, 2.24) is 0 Å². The summed E-state index contributed by atoms with van der Waals surface area (Å²) in [6, 6.07) is 20.5. The number of rotatable bonds is 7. The molecule has 0 aliphatic rings. The molecule has 0 bridgehead atoms. The first-order valence-corrected chi connectivity index (χ1v) is 8.67. The molecule has 4 nitrogen and oxygen atoms in total. The van der Waals surface area contributed by atoms with Crippen LogP contribution in [0.4, 0.5) is 0 Å². The van der Waals surface area contributed by atoms with Crippen molar-refractivity contribution in [2.24, 2.45) is 0 Å². The molecule has 0 atom stereocenters. The summed E-state index contributed by atoms with van der Waals surface area (Å²) < 4.78 is 11.1. The Labute approximate surface area is 158 Å². The van der Waals surface area contributed by atoms with Crippen molar-refractivity contribution >= 4 is 6.08 Å². The molecular formula is C23H22O4. The summed E-state index contributed by atoms with van der Waals surface area (Å²) in [7, 11) is 1.57. The lowest BCUT2D eigenvalue weighted by atomic mass is 9.98. The first kappa shape index (κ1) is 18.5. The summed E-state index contributed by atoms with van der Waals surface area (Å²) in [5.74, 6) is 1.29. The van der Waals surface area contributed by atoms with Crippen molar-refractivity contribution in [1.29, 1.82) is 0 Å². The standard InChI is InChI=1S/C23H22O4/c1-26-19-12-13-20(18(15-19)16-24)23-21(25)10-5-11-22(23)27-14-6-9-17-7-3-2-4-8-17/h2-13,15,24-25H,14,16H2,1H3. The number of aromatic hydroxyl groups is 1. The largest absolute Gasteiger partial charge is 0.507 e. The summed E-state index contributed by atoms with van der Waals surface area (Å²) in [6.45, 7) is 0.185. The van der Waals surface area contributed by atoms with Gasteiger partial charge in [-0.1, -0.05) is 48.5 Å². The quantitative estimate of drug-likeness (QED) is 0.642. The Kier molecular flexibility index (Phi) is 6.13. The van der Waals surface area contributed by atoms with E-state index in [1.165, 1.54) is 0 Å². The number of ether oxygens (including phenoxy) is 2. The van der Waals surface area contributed by atoms with Crippen LogP contribution in [0.5, 0.6) is 17.2 Å². The van der Waals surface area contributed by atoms with E-state index in [-0.39, 0.29) is 12.4 Å². The van der Waals surface area contributed by atoms with Crippen LogP contribution in [0.15, 0.2) is 72.8 Å². The fourth-order valence-electron chi connectivity index (χ4n) is 2.87. The van der Waals surface area contributed by atoms with Gasteiger partial charge in [0.2, 0.25) is 0 Å². The van der Waals surface area contributed by atoms with Gasteiger partial charge in [-0.2, -0.15) is 0 Å². The highest BCUT2D eigenvalue weighted by molar-refractivity contribution is 5.79. The summed E-state index contributed by atoms with van der Waals surface area (Å²) in [5, 5.41) is 20.1. The minimum atomic E-state index is -0.172. The fraction of sp³-hybridized carbons (Fsp3) is 0.130. The molecule has 0 aliphatic carbocycles. The van der Waals surface area contributed by atoms with Crippen molar-refractivity contribution in [3.8, 4) is 28.4 Å². The molecule has 0 unspecified atom stereocenters. The first-order valence-electron chi connectivity index (χ1n) is 8.67. The lowest BCUT2D eigenvalue weighted by molar-refractivity contribution is 0.281. The van der Waals surface area contributed by atoms with Crippen molar-refractivity contribution in [2.45, 2.75) is 6.61 Å². The SMILES string of the molecule is COc1ccc(-c2c(O)cccc2OCC=Cc2ccccc2)c(CO)c1. The Bertz CT molecular complexity index is 917. The molecule has 138 valence electrons. The van der Waals surface area contributed by atoms with Crippen LogP contribution in [-0.4, -0.2) is 23.9 Å². The zero-order chi connectivity index (χ0) is 19.1. The predicted molar refractivity (Wildman–Crippen MR) is 107 cm³/mol. The molecule has 0 saturated heterocycles. The highest BCUT2D eigenvalue weighted by Gasteiger charge is 2.15. The zero-order valence-electron chi connectivity index (χ0n) is 15.1. The molecular weight excluding hydrogens is 340 g/mol. The Morgan fingerprint density at radius 1 is 0.963 bits per heavy atom. The van der Waals surface area contributed by atoms with Crippen LogP contribution in [0.3, 0.4) is 0 Å². The summed E-state index contributed by atoms with van der Waals surface area (Å²) >= 11 is 0. The maximum atomic E-state index is 10.4. The smallest absolute Gasteiger partial charge is 0.131 e. The van der Waals surface area contributed by atoms with Crippen molar-refractivity contribution in [3.63, 3.8) is 0 Å². The maximum Gasteiger partial charge on any atom is 0.131 e. The van der Waals surface area contributed by atoms with Crippen molar-refractivity contribution in [3.05, 3.63) is 83.9 Å². The molecule has 0 fully saturated rings. The highest BCUT2D eigenvalue weighted by Crippen LogP contribution is 2.40. The summed E-state index contributed by atoms with van der Waals surface area (Å²) in [4.78, 5) is 0. The molecule has 3 aromatic rings. The minimum Gasteiger partial charge on any atom is -0.507 e. The zero-order valence-corrected chi connectivity index (χ0v) is 15.1. The van der Waals surface area contributed by atoms with Gasteiger partial charge in [-0.15, -0.1) is 0 Å². The Morgan fingerprint density at radius 3 is 2.52 bits per heavy atom. The van der Waals surface area contributed by atoms with Gasteiger partial charge in [0.25, 0.3) is 0 Å². The van der Waals surface area contributed by atoms with E-state index in [9.17, 15) is 10.2 Å². The van der Waals surface area contributed by atoms with Gasteiger partial charge in [0.15, 0.2) is 0 Å². The summed E-state index contributed by atoms with van der Waals surface area (Å²) in [6.07, 6.45) is 3.90. The Balaban J connectivity index is 1.86. The molecule has 0 amide bonds. The van der Waals surface area contributed by atoms with E-state index in [4.69, 9.17) is 9.47 Å². The second kappa shape index (κ2) is 8.92. The number of benzene rings is 3. The highest BCUT2D eigenvalue weighted by atomic mass is 16.5. The summed E-state index contributed by atoms with van der Waals surface area (Å²) in [5.41, 5.74) is 3.01. The molecule has 3 rings (SSSR count). The fourth-order valence-corrected chi connectivity index (χ4v) is 2.87. The van der Waals surface area contributed by atoms with Crippen LogP contribution in [0.25, 0.3) is 17.2 Å². The normalized spacial score (nSPS) is 10.9. The number of phenols is 1. The van der Waals surface area contributed by atoms with Gasteiger partial charge in [0.1, 0.15) is 23.9 Å². The van der Waals surface area contributed by atoms with Crippen LogP contribution in [-0.2, 0) is 6.61 Å². The molecule has 0 aromatic heterocycles. The third-order valence-electron chi connectivity index (χ3n) is 4.20. The predicted octanol–water partition coefficient (Wildman–Crippen LogP) is 4.65. The first-order chi connectivity index (χ1) is 13.2. The molecule has 4 heteroatoms. The van der Waals surface area contributed by atoms with E-state index in [0.29, 0.717) is 34.8 Å². The Morgan fingerprint density at radius 2 is 1.78 bits per heavy atom. The molecule has 0 spiro atoms. The second-order valence-corrected chi connectivity index (χ2v) is 5.96. The third-order valence-corrected chi connectivity index (χ3v) is 4.20. The average Bonchev–Trinajstić information content (AvgIpc) is 2.72. The van der Waals surface area contributed by atoms with Crippen LogP contribution < -0.4 is 9.47 Å². The number of methoxy groups -OCH3 is 1. The van der Waals surface area contributed by atoms with E-state index in [1.807, 2.05) is 48.6 Å². The van der Waals surface area contributed by atoms with Crippen LogP contribution in [0.2, 0.25) is 0 Å². The molecule has 0 saturated carbocycles. The Hall–Kier alpha value is -3.24. The van der Waals surface area contributed by atoms with E-state index in [1.54, 1.807) is 37.4 Å². The van der Waals surface area contributed by atoms with E-state index in [0.717, 1.165) is 5.56 Å². The van der Waals surface area contributed by atoms with E-state index < -0.39 is 0 Å². The van der Waals surface area contributed by atoms with Gasteiger partial charge in [-0.25, -0.2) is 0 Å². The average molecular weight is 362 g/mol. The second-order valence-electron chi connectivity index (χ2n) is 5.96. The molecule has 0 heterocycles. The van der Waals surface area contributed by atoms with E-state index >= 15 is 0 Å². The van der Waals surface area contributed by atoms with Crippen LogP contribution >= 0.6 is 0 Å². The number of hydrogen-bond acceptors (Lipinski definition) is 4. The molecule has 3 aromatic carbocycles. The topological polar surface area (TPSA) is 58.9 Å². The lowest BCUT2D eigenvalue weighted by Gasteiger charge is -2.15. The number of aliphatic hydroxyl groups excluding tert-OH is 1. The van der Waals surface area contributed by atoms with Crippen molar-refractivity contribution < 1.29 is 19.7 Å². The van der Waals surface area contributed by atoms with E-state index in [2.05, 4.69) is 0 Å². The van der Waals surface area contributed by atoms with Crippen LogP contribution in [0, 0.1) is 0 Å². The minimum absolute atomic E-state index is 0.0967. The maximum absolute atomic E-state index is 10.4. The molecule has 0 radical (unpaired) electrons. The van der Waals surface area contributed by atoms with Gasteiger partial charge in [0, 0.05) is 0 Å². The van der Waals surface area contributed by atoms with Gasteiger partial charge in [-0.3, -0.25) is 0 Å². The monoisotopic (exact) mass is 362 g/mol. The van der Waals surface area contributed by atoms with Gasteiger partial charge >= 0.3 is 0 Å². The molecule has 0 aliphatic heterocycles. The number of aliphatic hydroxyl groups is 1. The number of hydrogen-bond donors (Lipinski definition) is 2. The van der Waals surface area contributed by atoms with Gasteiger partial charge < -0.3 is 19.7 Å². The van der Waals surface area contributed by atoms with Crippen LogP contribution in [0.1, 0.15) is 11.1 Å². The van der Waals surface area contributed by atoms with Gasteiger partial charge in [0.05, 0.1) is 19.3 Å². The molecule has 27 heavy (non-hydrogen) atoms. The van der Waals surface area contributed by atoms with Gasteiger partial charge in [-0.05, 0) is 47.0 Å². The lowest BCUT2D eigenvalue weighted by Crippen LogP contribution is -1.98. The number of phenolic OH excluding ortho intramolecular Hbond substituents is 1.